The molecule has 0 bridgehead atoms. The summed E-state index contributed by atoms with van der Waals surface area (Å²) in [4.78, 5) is 2.31. The molecular weight excluding hydrogens is 429 g/mol. The van der Waals surface area contributed by atoms with Gasteiger partial charge in [0.1, 0.15) is 28.8 Å². The molecule has 1 fully saturated rings. The Labute approximate surface area is 162 Å². The third-order valence-corrected chi connectivity index (χ3v) is 5.13. The minimum absolute atomic E-state index is 0.763. The van der Waals surface area contributed by atoms with Crippen LogP contribution >= 0.6 is 23.0 Å². The topological polar surface area (TPSA) is 30.9 Å². The van der Waals surface area contributed by atoms with Gasteiger partial charge in [-0.2, -0.15) is 0 Å². The van der Waals surface area contributed by atoms with Crippen LogP contribution in [-0.4, -0.2) is 33.4 Å². The van der Waals surface area contributed by atoms with Crippen LogP contribution in [0, 0.1) is 12.3 Å². The van der Waals surface area contributed by atoms with Crippen molar-refractivity contribution >= 4 is 28.7 Å². The molecule has 130 valence electrons. The second-order valence-electron chi connectivity index (χ2n) is 5.78. The molecule has 0 aromatic heterocycles. The van der Waals surface area contributed by atoms with Crippen LogP contribution in [-0.2, 0) is 13.4 Å². The molecule has 1 aliphatic heterocycles. The number of morpholine rings is 1. The summed E-state index contributed by atoms with van der Waals surface area (Å²) < 4.78 is 16.4. The number of terminal acetylenes is 1. The first kappa shape index (κ1) is 18.1. The van der Waals surface area contributed by atoms with Gasteiger partial charge in [-0.05, 0) is 24.3 Å². The van der Waals surface area contributed by atoms with Gasteiger partial charge >= 0.3 is 0 Å². The van der Waals surface area contributed by atoms with Gasteiger partial charge in [0, 0.05) is 29.9 Å². The monoisotopic (exact) mass is 449 g/mol. The molecule has 0 spiro atoms. The van der Waals surface area contributed by atoms with Gasteiger partial charge in [-0.1, -0.05) is 30.2 Å². The minimum Gasteiger partial charge on any atom is -0.497 e. The van der Waals surface area contributed by atoms with Gasteiger partial charge in [-0.15, -0.1) is 6.42 Å². The molecule has 2 aromatic carbocycles. The Balaban J connectivity index is 1.92. The number of hydrogen-bond donors (Lipinski definition) is 0. The Morgan fingerprint density at radius 3 is 2.08 bits per heavy atom. The number of ether oxygens (including phenoxy) is 2. The van der Waals surface area contributed by atoms with E-state index < -0.39 is 5.60 Å². The molecule has 1 aliphatic rings. The van der Waals surface area contributed by atoms with E-state index in [1.165, 1.54) is 5.69 Å². The van der Waals surface area contributed by atoms with Gasteiger partial charge in [0.2, 0.25) is 0 Å². The summed E-state index contributed by atoms with van der Waals surface area (Å²) >= 11 is 1.88. The molecule has 1 saturated heterocycles. The average molecular weight is 449 g/mol. The highest BCUT2D eigenvalue weighted by molar-refractivity contribution is 14.1. The zero-order valence-electron chi connectivity index (χ0n) is 14.1. The third-order valence-electron chi connectivity index (χ3n) is 4.47. The van der Waals surface area contributed by atoms with Crippen molar-refractivity contribution in [2.24, 2.45) is 0 Å². The van der Waals surface area contributed by atoms with Crippen molar-refractivity contribution in [3.05, 3.63) is 59.7 Å². The molecule has 25 heavy (non-hydrogen) atoms. The number of anilines is 1. The lowest BCUT2D eigenvalue weighted by atomic mass is 9.87. The van der Waals surface area contributed by atoms with Crippen LogP contribution in [0.1, 0.15) is 11.1 Å². The van der Waals surface area contributed by atoms with Crippen molar-refractivity contribution in [2.75, 3.05) is 38.3 Å². The van der Waals surface area contributed by atoms with Crippen molar-refractivity contribution in [1.82, 2.24) is 0 Å². The average Bonchev–Trinajstić information content (AvgIpc) is 2.71. The number of hydrogen-bond acceptors (Lipinski definition) is 4. The summed E-state index contributed by atoms with van der Waals surface area (Å²) in [5, 5.41) is 0. The molecule has 0 amide bonds. The van der Waals surface area contributed by atoms with Crippen LogP contribution < -0.4 is 9.64 Å². The van der Waals surface area contributed by atoms with Crippen LogP contribution in [0.25, 0.3) is 0 Å². The summed E-state index contributed by atoms with van der Waals surface area (Å²) in [6.45, 7) is 3.33. The Hall–Kier alpha value is -1.75. The van der Waals surface area contributed by atoms with Crippen molar-refractivity contribution < 1.29 is 12.5 Å². The Bertz CT molecular complexity index is 733. The quantitative estimate of drug-likeness (QED) is 0.514. The second-order valence-corrected chi connectivity index (χ2v) is 6.22. The van der Waals surface area contributed by atoms with Crippen molar-refractivity contribution in [3.63, 3.8) is 0 Å². The normalized spacial score (nSPS) is 16.8. The first-order chi connectivity index (χ1) is 12.2. The van der Waals surface area contributed by atoms with Crippen LogP contribution in [0.15, 0.2) is 48.5 Å². The first-order valence-electron chi connectivity index (χ1n) is 8.09. The molecule has 5 heteroatoms. The Morgan fingerprint density at radius 2 is 1.60 bits per heavy atom. The van der Waals surface area contributed by atoms with Crippen LogP contribution in [0.2, 0.25) is 0 Å². The molecule has 0 radical (unpaired) electrons. The number of benzene rings is 2. The fourth-order valence-electron chi connectivity index (χ4n) is 3.00. The van der Waals surface area contributed by atoms with Gasteiger partial charge in [-0.25, -0.2) is 0 Å². The van der Waals surface area contributed by atoms with Crippen molar-refractivity contribution in [3.8, 4) is 18.1 Å². The summed E-state index contributed by atoms with van der Waals surface area (Å²) in [6, 6.07) is 15.9. The van der Waals surface area contributed by atoms with E-state index in [0.717, 1.165) is 43.2 Å². The Kier molecular flexibility index (Phi) is 5.84. The molecule has 0 aliphatic carbocycles. The van der Waals surface area contributed by atoms with E-state index in [2.05, 4.69) is 23.0 Å². The molecule has 4 nitrogen and oxygen atoms in total. The molecule has 1 atom stereocenters. The van der Waals surface area contributed by atoms with E-state index in [1.807, 2.05) is 59.4 Å². The highest BCUT2D eigenvalue weighted by atomic mass is 127. The predicted molar refractivity (Wildman–Crippen MR) is 107 cm³/mol. The van der Waals surface area contributed by atoms with E-state index in [9.17, 15) is 0 Å². The van der Waals surface area contributed by atoms with E-state index in [4.69, 9.17) is 19.0 Å². The number of rotatable bonds is 5. The molecule has 1 unspecified atom stereocenters. The fraction of sp³-hybridized carbons (Fsp3) is 0.300. The molecule has 0 saturated carbocycles. The first-order valence-corrected chi connectivity index (χ1v) is 8.97. The second kappa shape index (κ2) is 8.09. The maximum Gasteiger partial charge on any atom is 0.190 e. The van der Waals surface area contributed by atoms with Crippen LogP contribution in [0.4, 0.5) is 5.69 Å². The highest BCUT2D eigenvalue weighted by Crippen LogP contribution is 2.37. The minimum atomic E-state index is -0.934. The lowest BCUT2D eigenvalue weighted by Gasteiger charge is -2.30. The van der Waals surface area contributed by atoms with E-state index >= 15 is 0 Å². The maximum atomic E-state index is 5.90. The standard InChI is InChI=1S/C20H20INO3/c1-3-20(25-21,17-6-10-19(23-2)11-7-17)16-4-8-18(9-5-16)22-12-14-24-15-13-22/h1,4-11H,12-15H2,2H3. The van der Waals surface area contributed by atoms with Gasteiger partial charge in [-0.3, -0.25) is 3.07 Å². The predicted octanol–water partition coefficient (Wildman–Crippen LogP) is 3.78. The largest absolute Gasteiger partial charge is 0.497 e. The molecule has 2 aromatic rings. The lowest BCUT2D eigenvalue weighted by molar-refractivity contribution is 0.122. The molecule has 1 heterocycles. The smallest absolute Gasteiger partial charge is 0.190 e. The van der Waals surface area contributed by atoms with E-state index in [1.54, 1.807) is 7.11 Å². The lowest BCUT2D eigenvalue weighted by Crippen LogP contribution is -2.36. The summed E-state index contributed by atoms with van der Waals surface area (Å²) in [5.74, 6) is 3.61. The maximum absolute atomic E-state index is 5.90. The van der Waals surface area contributed by atoms with Gasteiger partial charge in [0.05, 0.1) is 20.3 Å². The van der Waals surface area contributed by atoms with Crippen LogP contribution in [0.3, 0.4) is 0 Å². The van der Waals surface area contributed by atoms with E-state index in [0.29, 0.717) is 0 Å². The van der Waals surface area contributed by atoms with Crippen LogP contribution in [0.5, 0.6) is 5.75 Å². The van der Waals surface area contributed by atoms with Gasteiger partial charge in [0.25, 0.3) is 0 Å². The highest BCUT2D eigenvalue weighted by Gasteiger charge is 2.33. The van der Waals surface area contributed by atoms with Crippen molar-refractivity contribution in [2.45, 2.75) is 5.60 Å². The summed E-state index contributed by atoms with van der Waals surface area (Å²) in [5.41, 5.74) is 2.05. The van der Waals surface area contributed by atoms with E-state index in [-0.39, 0.29) is 0 Å². The number of methoxy groups -OCH3 is 1. The molecule has 0 N–H and O–H groups in total. The summed E-state index contributed by atoms with van der Waals surface area (Å²) in [6.07, 6.45) is 5.90. The molecule has 3 rings (SSSR count). The Morgan fingerprint density at radius 1 is 1.04 bits per heavy atom. The van der Waals surface area contributed by atoms with Crippen molar-refractivity contribution in [1.29, 1.82) is 0 Å². The zero-order chi connectivity index (χ0) is 17.7. The number of halogens is 1. The number of nitrogens with zero attached hydrogens (tertiary/aromatic N) is 1. The SMILES string of the molecule is C#CC(OI)(c1ccc(OC)cc1)c1ccc(N2CCOCC2)cc1. The third kappa shape index (κ3) is 3.61. The summed E-state index contributed by atoms with van der Waals surface area (Å²) in [7, 11) is 1.64. The van der Waals surface area contributed by atoms with Gasteiger partial charge < -0.3 is 14.4 Å². The molecular formula is C20H20INO3. The zero-order valence-corrected chi connectivity index (χ0v) is 16.2. The fourth-order valence-corrected chi connectivity index (χ4v) is 3.63. The van der Waals surface area contributed by atoms with Gasteiger partial charge in [0.15, 0.2) is 5.60 Å².